The molecule has 0 aromatic carbocycles. The van der Waals surface area contributed by atoms with Crippen molar-refractivity contribution < 1.29 is 72.6 Å². The molecule has 2 rings (SSSR count). The van der Waals surface area contributed by atoms with Crippen LogP contribution in [-0.2, 0) is 46.3 Å². The quantitative estimate of drug-likeness (QED) is 0.0219. The van der Waals surface area contributed by atoms with Gasteiger partial charge in [0.15, 0.2) is 29.8 Å². The normalized spacial score (nSPS) is 21.6. The fraction of sp³-hybridized carbons (Fsp3) is 0.739. The molecule has 0 N–H and O–H groups in total. The molecule has 0 radical (unpaired) electrons. The molecule has 0 aromatic rings. The van der Waals surface area contributed by atoms with Crippen molar-refractivity contribution in [3.05, 3.63) is 60.3 Å². The van der Waals surface area contributed by atoms with E-state index in [4.69, 9.17) is 23.1 Å². The standard InChI is InChI=1S/C46H75F6O10PSi2/c1-33-23-25-56-37(27-33)20-21-41(62-65(12,13)44(7,8)9)40(60-42(54)30-63(55,57-31-45(47,48)49)58-32-46(50,51)52)19-15-18-39(61-64(10,11)43(4,5)6)29-35(3)26-34(2)28-38-17-14-16-36(59-38)22-24-53/h14-16,18,20-21,23-24,34,36-41H,3,17,19,22,25-32H2,1-2,4-13H3/b18-15+,21-20+/t34-,36-,37+,38-,39?,40-,41+/m0/s1. The van der Waals surface area contributed by atoms with Gasteiger partial charge in [-0.3, -0.25) is 18.4 Å². The first-order valence-electron chi connectivity index (χ1n) is 22.2. The maximum Gasteiger partial charge on any atom is 0.412 e. The zero-order valence-electron chi connectivity index (χ0n) is 40.4. The molecule has 0 bridgehead atoms. The highest BCUT2D eigenvalue weighted by atomic mass is 31.2. The van der Waals surface area contributed by atoms with E-state index < -0.39 is 80.2 Å². The number of carbonyl (C=O) groups is 2. The molecule has 1 unspecified atom stereocenters. The maximum atomic E-state index is 13.7. The highest BCUT2D eigenvalue weighted by molar-refractivity contribution is 7.54. The van der Waals surface area contributed by atoms with Crippen LogP contribution in [0.5, 0.6) is 0 Å². The molecule has 0 saturated heterocycles. The summed E-state index contributed by atoms with van der Waals surface area (Å²) in [5.41, 5.74) is 2.02. The second kappa shape index (κ2) is 24.9. The van der Waals surface area contributed by atoms with E-state index in [1.54, 1.807) is 18.2 Å². The first-order chi connectivity index (χ1) is 29.6. The van der Waals surface area contributed by atoms with Crippen molar-refractivity contribution in [2.24, 2.45) is 5.92 Å². The summed E-state index contributed by atoms with van der Waals surface area (Å²) in [6.07, 6.45) is 2.25. The molecule has 0 spiro atoms. The Morgan fingerprint density at radius 3 is 2.06 bits per heavy atom. The van der Waals surface area contributed by atoms with E-state index in [1.807, 2.05) is 65.1 Å². The van der Waals surface area contributed by atoms with E-state index in [1.165, 1.54) is 0 Å². The summed E-state index contributed by atoms with van der Waals surface area (Å²) >= 11 is 0. The van der Waals surface area contributed by atoms with Gasteiger partial charge in [0.1, 0.15) is 24.7 Å². The van der Waals surface area contributed by atoms with Crippen LogP contribution in [0.4, 0.5) is 26.3 Å². The van der Waals surface area contributed by atoms with Crippen LogP contribution < -0.4 is 0 Å². The molecule has 10 nitrogen and oxygen atoms in total. The molecule has 0 aromatic heterocycles. The average molecular weight is 989 g/mol. The molecule has 0 fully saturated rings. The largest absolute Gasteiger partial charge is 0.458 e. The summed E-state index contributed by atoms with van der Waals surface area (Å²) in [7, 11) is -10.5. The Kier molecular flexibility index (Phi) is 22.6. The Labute approximate surface area is 385 Å². The molecule has 7 atom stereocenters. The van der Waals surface area contributed by atoms with E-state index in [-0.39, 0.29) is 40.7 Å². The van der Waals surface area contributed by atoms with Crippen LogP contribution in [0.25, 0.3) is 0 Å². The Morgan fingerprint density at radius 2 is 1.52 bits per heavy atom. The molecule has 2 heterocycles. The molecule has 65 heavy (non-hydrogen) atoms. The number of hydrogen-bond donors (Lipinski definition) is 0. The van der Waals surface area contributed by atoms with Gasteiger partial charge in [0.2, 0.25) is 0 Å². The van der Waals surface area contributed by atoms with Gasteiger partial charge in [-0.15, -0.1) is 0 Å². The summed E-state index contributed by atoms with van der Waals surface area (Å²) in [6, 6.07) is 0. The Bertz CT molecular complexity index is 1690. The number of ether oxygens (including phenoxy) is 3. The molecule has 2 aliphatic heterocycles. The van der Waals surface area contributed by atoms with Crippen LogP contribution in [0.15, 0.2) is 60.3 Å². The van der Waals surface area contributed by atoms with Crippen molar-refractivity contribution in [2.75, 3.05) is 26.0 Å². The van der Waals surface area contributed by atoms with Gasteiger partial charge in [0.05, 0.1) is 31.0 Å². The lowest BCUT2D eigenvalue weighted by Crippen LogP contribution is -2.47. The summed E-state index contributed by atoms with van der Waals surface area (Å²) in [4.78, 5) is 24.8. The molecule has 0 saturated carbocycles. The second-order valence-electron chi connectivity index (χ2n) is 20.4. The van der Waals surface area contributed by atoms with E-state index >= 15 is 0 Å². The van der Waals surface area contributed by atoms with Gasteiger partial charge >= 0.3 is 25.9 Å². The van der Waals surface area contributed by atoms with Gasteiger partial charge in [-0.05, 0) is 81.2 Å². The Hall–Kier alpha value is -2.16. The van der Waals surface area contributed by atoms with Crippen LogP contribution in [0.2, 0.25) is 36.3 Å². The molecular formula is C46H75F6O10PSi2. The fourth-order valence-electron chi connectivity index (χ4n) is 6.54. The Balaban J connectivity index is 2.57. The van der Waals surface area contributed by atoms with Crippen molar-refractivity contribution in [3.63, 3.8) is 0 Å². The fourth-order valence-corrected chi connectivity index (χ4v) is 10.4. The monoisotopic (exact) mass is 988 g/mol. The summed E-state index contributed by atoms with van der Waals surface area (Å²) in [5.74, 6) is -1.21. The van der Waals surface area contributed by atoms with Gasteiger partial charge in [0, 0.05) is 12.8 Å². The summed E-state index contributed by atoms with van der Waals surface area (Å²) < 4.78 is 133. The zero-order valence-corrected chi connectivity index (χ0v) is 43.3. The molecule has 0 amide bonds. The van der Waals surface area contributed by atoms with Crippen LogP contribution in [-0.4, -0.2) is 104 Å². The van der Waals surface area contributed by atoms with Crippen molar-refractivity contribution in [2.45, 2.75) is 186 Å². The van der Waals surface area contributed by atoms with Crippen molar-refractivity contribution >= 4 is 36.5 Å². The van der Waals surface area contributed by atoms with Gasteiger partial charge in [0.25, 0.3) is 0 Å². The van der Waals surface area contributed by atoms with Gasteiger partial charge < -0.3 is 27.9 Å². The topological polar surface area (TPSA) is 116 Å². The van der Waals surface area contributed by atoms with Crippen molar-refractivity contribution in [3.8, 4) is 0 Å². The molecule has 374 valence electrons. The first kappa shape index (κ1) is 59.0. The van der Waals surface area contributed by atoms with E-state index in [0.717, 1.165) is 30.3 Å². The molecule has 0 aliphatic carbocycles. The number of rotatable bonds is 25. The van der Waals surface area contributed by atoms with Crippen LogP contribution in [0, 0.1) is 5.92 Å². The van der Waals surface area contributed by atoms with Crippen molar-refractivity contribution in [1.82, 2.24) is 0 Å². The third kappa shape index (κ3) is 22.7. The van der Waals surface area contributed by atoms with E-state index in [9.17, 15) is 40.5 Å². The molecular weight excluding hydrogens is 914 g/mol. The average Bonchev–Trinajstić information content (AvgIpc) is 3.13. The predicted molar refractivity (Wildman–Crippen MR) is 247 cm³/mol. The second-order valence-corrected chi connectivity index (χ2v) is 31.9. The highest BCUT2D eigenvalue weighted by Crippen LogP contribution is 2.50. The number of alkyl halides is 6. The molecule has 19 heteroatoms. The summed E-state index contributed by atoms with van der Waals surface area (Å²) in [5, 5.41) is -0.527. The van der Waals surface area contributed by atoms with Gasteiger partial charge in [-0.25, -0.2) is 0 Å². The molecule has 2 aliphatic rings. The lowest BCUT2D eigenvalue weighted by molar-refractivity contribution is -0.167. The highest BCUT2D eigenvalue weighted by Gasteiger charge is 2.44. The predicted octanol–water partition coefficient (Wildman–Crippen LogP) is 12.9. The number of carbonyl (C=O) groups excluding carboxylic acids is 2. The number of hydrogen-bond acceptors (Lipinski definition) is 10. The SMILES string of the molecule is C=C(CC(/C=C/C[C@H](OC(=O)CP(=O)(OCC(F)(F)F)OCC(F)(F)F)[C@@H](/C=C/[C@@H]1CC(C)=CCO1)O[Si](C)(C)C(C)(C)C)O[Si](C)(C)C(C)(C)C)C[C@H](C)C[C@@H]1CC=C[C@@H](CC=O)O1. The van der Waals surface area contributed by atoms with Crippen molar-refractivity contribution in [1.29, 1.82) is 0 Å². The van der Waals surface area contributed by atoms with Gasteiger partial charge in [-0.2, -0.15) is 26.3 Å². The smallest absolute Gasteiger partial charge is 0.412 e. The van der Waals surface area contributed by atoms with E-state index in [0.29, 0.717) is 32.3 Å². The minimum absolute atomic E-state index is 0.0337. The van der Waals surface area contributed by atoms with E-state index in [2.05, 4.69) is 56.4 Å². The number of esters is 1. The van der Waals surface area contributed by atoms with Crippen LogP contribution in [0.3, 0.4) is 0 Å². The van der Waals surface area contributed by atoms with Crippen LogP contribution >= 0.6 is 7.60 Å². The number of halogens is 6. The zero-order chi connectivity index (χ0) is 49.7. The number of aldehydes is 1. The first-order valence-corrected chi connectivity index (χ1v) is 29.8. The lowest BCUT2D eigenvalue weighted by atomic mass is 9.91. The maximum absolute atomic E-state index is 13.7. The summed E-state index contributed by atoms with van der Waals surface area (Å²) in [6.45, 7) is 25.0. The van der Waals surface area contributed by atoms with Gasteiger partial charge in [-0.1, -0.05) is 109 Å². The van der Waals surface area contributed by atoms with Crippen LogP contribution in [0.1, 0.15) is 100 Å². The minimum Gasteiger partial charge on any atom is -0.458 e. The lowest BCUT2D eigenvalue weighted by Gasteiger charge is -2.40. The third-order valence-corrected chi connectivity index (χ3v) is 22.7. The third-order valence-electron chi connectivity index (χ3n) is 12.0. The minimum atomic E-state index is -5.35. The Morgan fingerprint density at radius 1 is 0.938 bits per heavy atom.